The third kappa shape index (κ3) is 6.70. The molecule has 3 aliphatic rings. The Balaban J connectivity index is 2.27. The number of piperazine rings is 1. The number of rotatable bonds is 11. The van der Waals surface area contributed by atoms with Crippen molar-refractivity contribution in [3.8, 4) is 0 Å². The Morgan fingerprint density at radius 2 is 1.52 bits per heavy atom. The first-order chi connectivity index (χ1) is 21.6. The van der Waals surface area contributed by atoms with Gasteiger partial charge in [0, 0.05) is 33.9 Å². The number of hydrogen-bond acceptors (Lipinski definition) is 15. The van der Waals surface area contributed by atoms with E-state index in [1.54, 1.807) is 9.62 Å². The number of nitrogens with zero attached hydrogens (tertiary/aromatic N) is 4. The third-order valence-electron chi connectivity index (χ3n) is 10.2. The Morgan fingerprint density at radius 1 is 0.979 bits per heavy atom. The molecule has 3 rings (SSSR count). The van der Waals surface area contributed by atoms with Crippen LogP contribution < -0.4 is 4.72 Å². The van der Waals surface area contributed by atoms with E-state index in [1.165, 1.54) is 0 Å². The average molecular weight is 740 g/mol. The van der Waals surface area contributed by atoms with Crippen LogP contribution in [-0.2, 0) is 48.9 Å². The summed E-state index contributed by atoms with van der Waals surface area (Å²) in [6.45, 7) is 6.18. The van der Waals surface area contributed by atoms with E-state index < -0.39 is 83.9 Å². The molecular weight excluding hydrogens is 694 g/mol. The lowest BCUT2D eigenvalue weighted by molar-refractivity contribution is -0.711. The summed E-state index contributed by atoms with van der Waals surface area (Å²) < 4.78 is 102. The Hall–Kier alpha value is -2.07. The molecular formula is C24H45N5O17S2. The second-order valence-electron chi connectivity index (χ2n) is 13.0. The van der Waals surface area contributed by atoms with E-state index in [9.17, 15) is 51.3 Å². The molecule has 280 valence electrons. The number of carbonyl (C=O) groups is 1. The number of ether oxygens (including phenoxy) is 5. The van der Waals surface area contributed by atoms with Gasteiger partial charge in [-0.1, -0.05) is 0 Å². The summed E-state index contributed by atoms with van der Waals surface area (Å²) in [6, 6.07) is -2.19. The number of carboxylic acid groups (broad SMARTS) is 1. The number of aliphatic hydroxyl groups is 2. The predicted octanol–water partition coefficient (Wildman–Crippen LogP) is -2.47. The highest BCUT2D eigenvalue weighted by molar-refractivity contribution is 7.86. The van der Waals surface area contributed by atoms with Crippen LogP contribution >= 0.6 is 0 Å². The summed E-state index contributed by atoms with van der Waals surface area (Å²) in [6.07, 6.45) is -3.69. The fourth-order valence-electron chi connectivity index (χ4n) is 6.73. The molecule has 3 heterocycles. The van der Waals surface area contributed by atoms with Gasteiger partial charge in [-0.05, 0) is 41.5 Å². The molecule has 0 bridgehead atoms. The first-order valence-electron chi connectivity index (χ1n) is 14.4. The molecule has 22 nitrogen and oxygen atoms in total. The molecule has 24 heteroatoms. The van der Waals surface area contributed by atoms with Gasteiger partial charge >= 0.3 is 16.3 Å². The molecule has 0 aliphatic carbocycles. The zero-order chi connectivity index (χ0) is 37.1. The Morgan fingerprint density at radius 3 is 1.94 bits per heavy atom. The van der Waals surface area contributed by atoms with Crippen molar-refractivity contribution >= 4 is 26.4 Å². The molecule has 0 aromatic carbocycles. The van der Waals surface area contributed by atoms with E-state index in [1.807, 2.05) is 0 Å². The number of carboxylic acids is 1. The van der Waals surface area contributed by atoms with Gasteiger partial charge in [0.25, 0.3) is 10.1 Å². The molecule has 10 unspecified atom stereocenters. The summed E-state index contributed by atoms with van der Waals surface area (Å²) in [7, 11) is -8.70. The monoisotopic (exact) mass is 739 g/mol. The van der Waals surface area contributed by atoms with Gasteiger partial charge in [-0.3, -0.25) is 14.0 Å². The number of nitrogens with one attached hydrogen (secondary N) is 1. The van der Waals surface area contributed by atoms with Crippen molar-refractivity contribution in [2.24, 2.45) is 5.28 Å². The minimum absolute atomic E-state index is 0.00234. The number of methoxy groups -OCH3 is 2. The summed E-state index contributed by atoms with van der Waals surface area (Å²) in [5.41, 5.74) is -9.96. The molecule has 48 heavy (non-hydrogen) atoms. The van der Waals surface area contributed by atoms with Gasteiger partial charge in [-0.2, -0.15) is 21.6 Å². The zero-order valence-electron chi connectivity index (χ0n) is 27.6. The molecule has 3 aliphatic heterocycles. The van der Waals surface area contributed by atoms with E-state index in [2.05, 4.69) is 5.28 Å². The van der Waals surface area contributed by atoms with Gasteiger partial charge in [0.2, 0.25) is 5.28 Å². The highest BCUT2D eigenvalue weighted by atomic mass is 32.2. The summed E-state index contributed by atoms with van der Waals surface area (Å²) in [5, 5.41) is 55.6. The van der Waals surface area contributed by atoms with Crippen molar-refractivity contribution in [2.75, 3.05) is 46.9 Å². The van der Waals surface area contributed by atoms with Crippen molar-refractivity contribution in [3.63, 3.8) is 0 Å². The summed E-state index contributed by atoms with van der Waals surface area (Å²) in [4.78, 5) is 14.1. The molecule has 10 atom stereocenters. The fourth-order valence-corrected chi connectivity index (χ4v) is 8.93. The standard InChI is InChI=1S/C24H45N5O17S2/c1-19(46-24(6)23(5,33)22(4,32)20(2,42-7)16(45-24)18(30)31)14(13-27-9-11-28(12-10-27)29(35)26-34)44-21(3,43-8)15(25-48(39,40)41)17(19)47(36,37)38/h14-17,25,32-34H,9-13H2,1-8H3,(H,30,31)(H,36,37,38)(H,39,40,41)/b29-26-. The molecule has 3 saturated heterocycles. The quantitative estimate of drug-likeness (QED) is 0.0500. The molecule has 7 N–H and O–H groups in total. The van der Waals surface area contributed by atoms with Crippen LogP contribution in [0.15, 0.2) is 5.28 Å². The van der Waals surface area contributed by atoms with E-state index in [0.717, 1.165) is 60.8 Å². The van der Waals surface area contributed by atoms with Gasteiger partial charge < -0.3 is 49.4 Å². The molecule has 0 aromatic heterocycles. The molecule has 0 amide bonds. The summed E-state index contributed by atoms with van der Waals surface area (Å²) in [5.74, 6) is -6.67. The first kappa shape index (κ1) is 40.4. The van der Waals surface area contributed by atoms with Crippen LogP contribution in [0.25, 0.3) is 0 Å². The Bertz CT molecular complexity index is 1470. The lowest BCUT2D eigenvalue weighted by Crippen LogP contribution is -2.85. The molecule has 0 aromatic rings. The van der Waals surface area contributed by atoms with Crippen molar-refractivity contribution in [3.05, 3.63) is 5.21 Å². The largest absolute Gasteiger partial charge is 0.569 e. The molecule has 0 spiro atoms. The maximum atomic E-state index is 13.3. The second-order valence-corrected chi connectivity index (χ2v) is 15.7. The van der Waals surface area contributed by atoms with Crippen molar-refractivity contribution in [1.29, 1.82) is 0 Å². The zero-order valence-corrected chi connectivity index (χ0v) is 29.3. The van der Waals surface area contributed by atoms with Gasteiger partial charge in [-0.25, -0.2) is 4.79 Å². The Labute approximate surface area is 277 Å². The second kappa shape index (κ2) is 12.9. The van der Waals surface area contributed by atoms with Crippen LogP contribution in [0.1, 0.15) is 41.5 Å². The van der Waals surface area contributed by atoms with Crippen LogP contribution in [0.4, 0.5) is 0 Å². The first-order valence-corrected chi connectivity index (χ1v) is 17.4. The highest BCUT2D eigenvalue weighted by Crippen LogP contribution is 2.54. The number of hydrogen-bond donors (Lipinski definition) is 7. The van der Waals surface area contributed by atoms with E-state index in [0.29, 0.717) is 0 Å². The fraction of sp³-hybridized carbons (Fsp3) is 0.958. The van der Waals surface area contributed by atoms with Gasteiger partial charge in [0.05, 0.1) is 24.1 Å². The van der Waals surface area contributed by atoms with Crippen molar-refractivity contribution < 1.29 is 79.9 Å². The lowest BCUT2D eigenvalue weighted by Gasteiger charge is -2.64. The van der Waals surface area contributed by atoms with Crippen LogP contribution in [0.3, 0.4) is 0 Å². The van der Waals surface area contributed by atoms with Crippen LogP contribution in [-0.4, -0.2) is 172 Å². The third-order valence-corrected chi connectivity index (χ3v) is 12.2. The average Bonchev–Trinajstić information content (AvgIpc) is 2.95. The highest BCUT2D eigenvalue weighted by Gasteiger charge is 2.76. The van der Waals surface area contributed by atoms with E-state index in [-0.39, 0.29) is 37.7 Å². The van der Waals surface area contributed by atoms with Gasteiger partial charge in [-0.15, -0.1) is 5.01 Å². The van der Waals surface area contributed by atoms with E-state index in [4.69, 9.17) is 28.9 Å². The van der Waals surface area contributed by atoms with Gasteiger partial charge in [0.1, 0.15) is 33.8 Å². The van der Waals surface area contributed by atoms with Crippen LogP contribution in [0.5, 0.6) is 0 Å². The number of hydrazine groups is 1. The Kier molecular flexibility index (Phi) is 10.9. The van der Waals surface area contributed by atoms with E-state index >= 15 is 0 Å². The normalized spacial score (nSPS) is 43.7. The predicted molar refractivity (Wildman–Crippen MR) is 157 cm³/mol. The molecule has 0 saturated carbocycles. The lowest BCUT2D eigenvalue weighted by atomic mass is 9.64. The van der Waals surface area contributed by atoms with Crippen LogP contribution in [0, 0.1) is 5.21 Å². The minimum Gasteiger partial charge on any atom is -0.569 e. The summed E-state index contributed by atoms with van der Waals surface area (Å²) >= 11 is 0. The number of aliphatic carboxylic acids is 1. The minimum atomic E-state index is -5.51. The van der Waals surface area contributed by atoms with Crippen LogP contribution in [0.2, 0.25) is 0 Å². The molecule has 0 radical (unpaired) electrons. The maximum Gasteiger partial charge on any atom is 0.336 e. The molecule has 3 fully saturated rings. The van der Waals surface area contributed by atoms with Gasteiger partial charge in [0.15, 0.2) is 17.7 Å². The SMILES string of the molecule is COC1(C)OC(CN2CCN(/[N+]([O-])=N/O)CC2)C(C)(OC2(C)OC(C(=O)O)C(C)(OC)C(C)(O)C2(C)O)C(S(=O)(=O)O)C1NS(=O)(=O)O. The van der Waals surface area contributed by atoms with Crippen molar-refractivity contribution in [1.82, 2.24) is 14.6 Å². The smallest absolute Gasteiger partial charge is 0.336 e. The maximum absolute atomic E-state index is 13.3. The van der Waals surface area contributed by atoms with Crippen molar-refractivity contribution in [2.45, 2.75) is 99.0 Å². The topological polar surface area (TPSA) is 310 Å².